The molecule has 2 aromatic rings. The summed E-state index contributed by atoms with van der Waals surface area (Å²) in [5.74, 6) is -0.0856. The smallest absolute Gasteiger partial charge is 0.251 e. The van der Waals surface area contributed by atoms with Gasteiger partial charge in [0.15, 0.2) is 0 Å². The van der Waals surface area contributed by atoms with Crippen molar-refractivity contribution in [1.82, 2.24) is 14.9 Å². The SMILES string of the molecule is CNC(=O)c1ccc2c(c1)ncn2C. The van der Waals surface area contributed by atoms with Crippen LogP contribution in [0.5, 0.6) is 0 Å². The number of nitrogens with one attached hydrogen (secondary N) is 1. The van der Waals surface area contributed by atoms with Crippen molar-refractivity contribution < 1.29 is 4.79 Å². The van der Waals surface area contributed by atoms with E-state index in [0.717, 1.165) is 11.0 Å². The molecule has 1 N–H and O–H groups in total. The molecule has 72 valence electrons. The molecular formula is C10H11N3O. The van der Waals surface area contributed by atoms with Crippen LogP contribution in [-0.4, -0.2) is 22.5 Å². The number of imidazole rings is 1. The molecule has 0 aliphatic rings. The highest BCUT2D eigenvalue weighted by Gasteiger charge is 2.05. The Labute approximate surface area is 81.6 Å². The van der Waals surface area contributed by atoms with Gasteiger partial charge in [-0.15, -0.1) is 0 Å². The third kappa shape index (κ3) is 1.25. The van der Waals surface area contributed by atoms with Crippen molar-refractivity contribution >= 4 is 16.9 Å². The summed E-state index contributed by atoms with van der Waals surface area (Å²) in [6.07, 6.45) is 1.73. The number of carbonyl (C=O) groups excluding carboxylic acids is 1. The first-order chi connectivity index (χ1) is 6.72. The second kappa shape index (κ2) is 3.14. The van der Waals surface area contributed by atoms with E-state index in [9.17, 15) is 4.79 Å². The van der Waals surface area contributed by atoms with E-state index < -0.39 is 0 Å². The molecular weight excluding hydrogens is 178 g/mol. The topological polar surface area (TPSA) is 46.9 Å². The zero-order chi connectivity index (χ0) is 10.1. The number of hydrogen-bond acceptors (Lipinski definition) is 2. The summed E-state index contributed by atoms with van der Waals surface area (Å²) in [5.41, 5.74) is 2.50. The largest absolute Gasteiger partial charge is 0.355 e. The second-order valence-corrected chi connectivity index (χ2v) is 3.14. The molecule has 0 spiro atoms. The minimum atomic E-state index is -0.0856. The van der Waals surface area contributed by atoms with Gasteiger partial charge < -0.3 is 9.88 Å². The van der Waals surface area contributed by atoms with E-state index in [-0.39, 0.29) is 5.91 Å². The van der Waals surface area contributed by atoms with E-state index >= 15 is 0 Å². The number of aryl methyl sites for hydroxylation is 1. The van der Waals surface area contributed by atoms with E-state index in [1.165, 1.54) is 0 Å². The minimum absolute atomic E-state index is 0.0856. The lowest BCUT2D eigenvalue weighted by Gasteiger charge is -1.99. The summed E-state index contributed by atoms with van der Waals surface area (Å²) in [6, 6.07) is 5.48. The zero-order valence-electron chi connectivity index (χ0n) is 8.11. The molecule has 14 heavy (non-hydrogen) atoms. The molecule has 0 atom stereocenters. The monoisotopic (exact) mass is 189 g/mol. The Morgan fingerprint density at radius 1 is 1.50 bits per heavy atom. The van der Waals surface area contributed by atoms with Gasteiger partial charge in [0.1, 0.15) is 0 Å². The highest BCUT2D eigenvalue weighted by atomic mass is 16.1. The molecule has 0 aliphatic carbocycles. The van der Waals surface area contributed by atoms with Crippen LogP contribution >= 0.6 is 0 Å². The quantitative estimate of drug-likeness (QED) is 0.725. The average Bonchev–Trinajstić information content (AvgIpc) is 2.59. The van der Waals surface area contributed by atoms with Crippen LogP contribution in [0.4, 0.5) is 0 Å². The van der Waals surface area contributed by atoms with Crippen LogP contribution in [0.15, 0.2) is 24.5 Å². The molecule has 2 rings (SSSR count). The second-order valence-electron chi connectivity index (χ2n) is 3.14. The molecule has 4 nitrogen and oxygen atoms in total. The minimum Gasteiger partial charge on any atom is -0.355 e. The Hall–Kier alpha value is -1.84. The van der Waals surface area contributed by atoms with Crippen LogP contribution in [0.2, 0.25) is 0 Å². The highest BCUT2D eigenvalue weighted by Crippen LogP contribution is 2.13. The molecule has 1 aromatic heterocycles. The Morgan fingerprint density at radius 2 is 2.29 bits per heavy atom. The number of nitrogens with zero attached hydrogens (tertiary/aromatic N) is 2. The van der Waals surface area contributed by atoms with Gasteiger partial charge in [0, 0.05) is 19.7 Å². The first kappa shape index (κ1) is 8.74. The molecule has 1 heterocycles. The van der Waals surface area contributed by atoms with Crippen molar-refractivity contribution in [3.63, 3.8) is 0 Å². The first-order valence-electron chi connectivity index (χ1n) is 4.35. The molecule has 4 heteroatoms. The van der Waals surface area contributed by atoms with Crippen molar-refractivity contribution in [1.29, 1.82) is 0 Å². The third-order valence-corrected chi connectivity index (χ3v) is 2.21. The van der Waals surface area contributed by atoms with E-state index in [1.54, 1.807) is 25.5 Å². The average molecular weight is 189 g/mol. The number of rotatable bonds is 1. The fraction of sp³-hybridized carbons (Fsp3) is 0.200. The van der Waals surface area contributed by atoms with Gasteiger partial charge in [0.05, 0.1) is 17.4 Å². The third-order valence-electron chi connectivity index (χ3n) is 2.21. The van der Waals surface area contributed by atoms with Gasteiger partial charge in [0.25, 0.3) is 5.91 Å². The van der Waals surface area contributed by atoms with Crippen LogP contribution in [0.25, 0.3) is 11.0 Å². The predicted octanol–water partition coefficient (Wildman–Crippen LogP) is 0.933. The maximum atomic E-state index is 11.3. The van der Waals surface area contributed by atoms with Crippen LogP contribution < -0.4 is 5.32 Å². The number of carbonyl (C=O) groups is 1. The zero-order valence-corrected chi connectivity index (χ0v) is 8.11. The fourth-order valence-electron chi connectivity index (χ4n) is 1.42. The number of aromatic nitrogens is 2. The van der Waals surface area contributed by atoms with Crippen molar-refractivity contribution in [3.05, 3.63) is 30.1 Å². The molecule has 0 saturated heterocycles. The standard InChI is InChI=1S/C10H11N3O/c1-11-10(14)7-3-4-9-8(5-7)12-6-13(9)2/h3-6H,1-2H3,(H,11,14). The number of hydrogen-bond donors (Lipinski definition) is 1. The summed E-state index contributed by atoms with van der Waals surface area (Å²) >= 11 is 0. The summed E-state index contributed by atoms with van der Waals surface area (Å²) < 4.78 is 1.92. The molecule has 1 aromatic carbocycles. The van der Waals surface area contributed by atoms with Gasteiger partial charge >= 0.3 is 0 Å². The molecule has 1 amide bonds. The summed E-state index contributed by atoms with van der Waals surface area (Å²) in [4.78, 5) is 15.5. The Balaban J connectivity index is 2.57. The highest BCUT2D eigenvalue weighted by molar-refractivity contribution is 5.97. The summed E-state index contributed by atoms with van der Waals surface area (Å²) in [5, 5.41) is 2.58. The lowest BCUT2D eigenvalue weighted by Crippen LogP contribution is -2.17. The summed E-state index contributed by atoms with van der Waals surface area (Å²) in [6.45, 7) is 0. The fourth-order valence-corrected chi connectivity index (χ4v) is 1.42. The van der Waals surface area contributed by atoms with Crippen LogP contribution in [0, 0.1) is 0 Å². The number of amides is 1. The van der Waals surface area contributed by atoms with E-state index in [0.29, 0.717) is 5.56 Å². The maximum Gasteiger partial charge on any atom is 0.251 e. The first-order valence-corrected chi connectivity index (χ1v) is 4.35. The Morgan fingerprint density at radius 3 is 3.00 bits per heavy atom. The molecule has 0 saturated carbocycles. The van der Waals surface area contributed by atoms with Gasteiger partial charge in [-0.1, -0.05) is 0 Å². The van der Waals surface area contributed by atoms with Crippen molar-refractivity contribution in [3.8, 4) is 0 Å². The Kier molecular flexibility index (Phi) is 1.96. The van der Waals surface area contributed by atoms with Crippen molar-refractivity contribution in [2.75, 3.05) is 7.05 Å². The van der Waals surface area contributed by atoms with E-state index in [2.05, 4.69) is 10.3 Å². The maximum absolute atomic E-state index is 11.3. The van der Waals surface area contributed by atoms with Crippen LogP contribution in [0.3, 0.4) is 0 Å². The molecule has 0 aliphatic heterocycles. The molecule has 0 unspecified atom stereocenters. The van der Waals surface area contributed by atoms with Gasteiger partial charge in [0.2, 0.25) is 0 Å². The lowest BCUT2D eigenvalue weighted by atomic mass is 10.2. The van der Waals surface area contributed by atoms with Crippen LogP contribution in [0.1, 0.15) is 10.4 Å². The normalized spacial score (nSPS) is 10.4. The predicted molar refractivity (Wildman–Crippen MR) is 54.1 cm³/mol. The number of benzene rings is 1. The molecule has 0 bridgehead atoms. The van der Waals surface area contributed by atoms with E-state index in [1.807, 2.05) is 17.7 Å². The van der Waals surface area contributed by atoms with Gasteiger partial charge in [-0.05, 0) is 18.2 Å². The van der Waals surface area contributed by atoms with Gasteiger partial charge in [-0.2, -0.15) is 0 Å². The molecule has 0 fully saturated rings. The van der Waals surface area contributed by atoms with Gasteiger partial charge in [-0.3, -0.25) is 4.79 Å². The molecule has 0 radical (unpaired) electrons. The Bertz CT molecular complexity index is 487. The van der Waals surface area contributed by atoms with E-state index in [4.69, 9.17) is 0 Å². The van der Waals surface area contributed by atoms with Crippen LogP contribution in [-0.2, 0) is 7.05 Å². The number of fused-ring (bicyclic) bond motifs is 1. The van der Waals surface area contributed by atoms with Crippen molar-refractivity contribution in [2.45, 2.75) is 0 Å². The van der Waals surface area contributed by atoms with Gasteiger partial charge in [-0.25, -0.2) is 4.98 Å². The lowest BCUT2D eigenvalue weighted by molar-refractivity contribution is 0.0963. The summed E-state index contributed by atoms with van der Waals surface area (Å²) in [7, 11) is 3.54. The van der Waals surface area contributed by atoms with Crippen molar-refractivity contribution in [2.24, 2.45) is 7.05 Å².